The minimum atomic E-state index is -0.464. The average Bonchev–Trinajstić information content (AvgIpc) is 2.38. The van der Waals surface area contributed by atoms with Crippen LogP contribution in [-0.4, -0.2) is 36.5 Å². The quantitative estimate of drug-likeness (QED) is 0.886. The van der Waals surface area contributed by atoms with Crippen LogP contribution >= 0.6 is 11.6 Å². The van der Waals surface area contributed by atoms with Crippen molar-refractivity contribution in [2.75, 3.05) is 19.7 Å². The summed E-state index contributed by atoms with van der Waals surface area (Å²) in [6, 6.07) is 7.03. The lowest BCUT2D eigenvalue weighted by Gasteiger charge is -2.34. The van der Waals surface area contributed by atoms with Gasteiger partial charge < -0.3 is 15.4 Å². The molecule has 1 aliphatic heterocycles. The molecule has 1 aliphatic rings. The summed E-state index contributed by atoms with van der Waals surface area (Å²) < 4.78 is 5.69. The molecule has 5 heteroatoms. The molecule has 1 aromatic rings. The van der Waals surface area contributed by atoms with Crippen molar-refractivity contribution in [3.05, 3.63) is 34.9 Å². The van der Waals surface area contributed by atoms with E-state index < -0.39 is 6.04 Å². The van der Waals surface area contributed by atoms with E-state index in [0.717, 1.165) is 5.56 Å². The fourth-order valence-electron chi connectivity index (χ4n) is 2.02. The number of nitrogens with two attached hydrogens (primary N) is 1. The van der Waals surface area contributed by atoms with Crippen LogP contribution in [0.1, 0.15) is 18.6 Å². The molecular formula is C13H17ClN2O2. The number of ether oxygens (including phenoxy) is 1. The Morgan fingerprint density at radius 2 is 2.17 bits per heavy atom. The molecule has 1 amide bonds. The third-order valence-electron chi connectivity index (χ3n) is 3.01. The maximum atomic E-state index is 11.9. The third-order valence-corrected chi connectivity index (χ3v) is 3.26. The first-order chi connectivity index (χ1) is 8.58. The second kappa shape index (κ2) is 5.69. The largest absolute Gasteiger partial charge is 0.370 e. The number of halogens is 1. The van der Waals surface area contributed by atoms with Crippen LogP contribution in [0.5, 0.6) is 0 Å². The lowest BCUT2D eigenvalue weighted by Crippen LogP contribution is -2.48. The predicted molar refractivity (Wildman–Crippen MR) is 70.4 cm³/mol. The van der Waals surface area contributed by atoms with Gasteiger partial charge in [-0.1, -0.05) is 23.7 Å². The summed E-state index contributed by atoms with van der Waals surface area (Å²) >= 11 is 5.85. The van der Waals surface area contributed by atoms with Gasteiger partial charge in [0.15, 0.2) is 0 Å². The zero-order chi connectivity index (χ0) is 13.1. The van der Waals surface area contributed by atoms with E-state index in [2.05, 4.69) is 0 Å². The van der Waals surface area contributed by atoms with E-state index in [9.17, 15) is 4.79 Å². The van der Waals surface area contributed by atoms with Gasteiger partial charge in [0.1, 0.15) is 6.10 Å². The van der Waals surface area contributed by atoms with Gasteiger partial charge in [-0.2, -0.15) is 0 Å². The van der Waals surface area contributed by atoms with Gasteiger partial charge in [-0.15, -0.1) is 0 Å². The summed E-state index contributed by atoms with van der Waals surface area (Å²) in [6.45, 7) is 3.38. The van der Waals surface area contributed by atoms with E-state index in [-0.39, 0.29) is 12.0 Å². The molecular weight excluding hydrogens is 252 g/mol. The van der Waals surface area contributed by atoms with Gasteiger partial charge in [0.2, 0.25) is 5.91 Å². The summed E-state index contributed by atoms with van der Waals surface area (Å²) in [5.41, 5.74) is 6.65. The Bertz CT molecular complexity index is 420. The lowest BCUT2D eigenvalue weighted by molar-refractivity contribution is -0.140. The first-order valence-electron chi connectivity index (χ1n) is 5.99. The number of amides is 1. The number of nitrogens with zero attached hydrogens (tertiary/aromatic N) is 1. The molecule has 0 aliphatic carbocycles. The zero-order valence-corrected chi connectivity index (χ0v) is 11.1. The number of carbonyl (C=O) groups is 1. The molecule has 0 aromatic heterocycles. The summed E-state index contributed by atoms with van der Waals surface area (Å²) in [7, 11) is 0. The van der Waals surface area contributed by atoms with E-state index in [4.69, 9.17) is 22.1 Å². The number of benzene rings is 1. The van der Waals surface area contributed by atoms with Gasteiger partial charge in [-0.05, 0) is 24.6 Å². The Kier molecular flexibility index (Phi) is 4.22. The molecule has 0 spiro atoms. The van der Waals surface area contributed by atoms with Crippen LogP contribution in [0.2, 0.25) is 5.02 Å². The molecule has 2 N–H and O–H groups in total. The van der Waals surface area contributed by atoms with E-state index in [1.54, 1.807) is 11.8 Å². The molecule has 2 atom stereocenters. The maximum absolute atomic E-state index is 11.9. The lowest BCUT2D eigenvalue weighted by atomic mass is 10.1. The van der Waals surface area contributed by atoms with E-state index >= 15 is 0 Å². The minimum Gasteiger partial charge on any atom is -0.370 e. The maximum Gasteiger partial charge on any atom is 0.239 e. The molecule has 1 aromatic carbocycles. The highest BCUT2D eigenvalue weighted by Crippen LogP contribution is 2.23. The standard InChI is InChI=1S/C13H17ClN2O2/c1-9(15)13(17)16-6-7-18-12(8-16)10-2-4-11(14)5-3-10/h2-5,9,12H,6-8,15H2,1H3. The highest BCUT2D eigenvalue weighted by Gasteiger charge is 2.26. The van der Waals surface area contributed by atoms with Crippen molar-refractivity contribution in [2.45, 2.75) is 19.1 Å². The molecule has 0 bridgehead atoms. The molecule has 0 saturated carbocycles. The van der Waals surface area contributed by atoms with Gasteiger partial charge in [0.25, 0.3) is 0 Å². The first kappa shape index (κ1) is 13.3. The van der Waals surface area contributed by atoms with Crippen molar-refractivity contribution in [1.29, 1.82) is 0 Å². The third kappa shape index (κ3) is 3.02. The Hall–Kier alpha value is -1.10. The van der Waals surface area contributed by atoms with Crippen molar-refractivity contribution < 1.29 is 9.53 Å². The highest BCUT2D eigenvalue weighted by atomic mass is 35.5. The molecule has 2 rings (SSSR count). The summed E-state index contributed by atoms with van der Waals surface area (Å²) in [6.07, 6.45) is -0.0984. The SMILES string of the molecule is CC(N)C(=O)N1CCOC(c2ccc(Cl)cc2)C1. The van der Waals surface area contributed by atoms with Gasteiger partial charge in [0, 0.05) is 11.6 Å². The number of carbonyl (C=O) groups excluding carboxylic acids is 1. The minimum absolute atomic E-state index is 0.0303. The number of hydrogen-bond acceptors (Lipinski definition) is 3. The highest BCUT2D eigenvalue weighted by molar-refractivity contribution is 6.30. The Morgan fingerprint density at radius 3 is 2.78 bits per heavy atom. The van der Waals surface area contributed by atoms with E-state index in [0.29, 0.717) is 24.7 Å². The molecule has 2 unspecified atom stereocenters. The van der Waals surface area contributed by atoms with Crippen LogP contribution in [-0.2, 0) is 9.53 Å². The molecule has 1 fully saturated rings. The summed E-state index contributed by atoms with van der Waals surface area (Å²) in [4.78, 5) is 13.6. The molecule has 1 saturated heterocycles. The van der Waals surface area contributed by atoms with Crippen LogP contribution in [0.15, 0.2) is 24.3 Å². The van der Waals surface area contributed by atoms with Crippen molar-refractivity contribution in [2.24, 2.45) is 5.73 Å². The Balaban J connectivity index is 2.07. The zero-order valence-electron chi connectivity index (χ0n) is 10.3. The van der Waals surface area contributed by atoms with Crippen LogP contribution in [0.3, 0.4) is 0 Å². The summed E-state index contributed by atoms with van der Waals surface area (Å²) in [5.74, 6) is -0.0303. The second-order valence-corrected chi connectivity index (χ2v) is 4.92. The van der Waals surface area contributed by atoms with E-state index in [1.807, 2.05) is 24.3 Å². The number of rotatable bonds is 2. The van der Waals surface area contributed by atoms with Crippen molar-refractivity contribution in [3.63, 3.8) is 0 Å². The van der Waals surface area contributed by atoms with Crippen LogP contribution < -0.4 is 5.73 Å². The second-order valence-electron chi connectivity index (χ2n) is 4.48. The fourth-order valence-corrected chi connectivity index (χ4v) is 2.14. The molecule has 1 heterocycles. The van der Waals surface area contributed by atoms with Crippen molar-refractivity contribution in [3.8, 4) is 0 Å². The number of morpholine rings is 1. The molecule has 0 radical (unpaired) electrons. The van der Waals surface area contributed by atoms with Crippen molar-refractivity contribution in [1.82, 2.24) is 4.90 Å². The van der Waals surface area contributed by atoms with Crippen LogP contribution in [0.4, 0.5) is 0 Å². The van der Waals surface area contributed by atoms with Gasteiger partial charge in [-0.3, -0.25) is 4.79 Å². The van der Waals surface area contributed by atoms with Crippen LogP contribution in [0, 0.1) is 0 Å². The van der Waals surface area contributed by atoms with Crippen LogP contribution in [0.25, 0.3) is 0 Å². The Labute approximate surface area is 112 Å². The monoisotopic (exact) mass is 268 g/mol. The summed E-state index contributed by atoms with van der Waals surface area (Å²) in [5, 5.41) is 0.693. The van der Waals surface area contributed by atoms with Gasteiger partial charge >= 0.3 is 0 Å². The van der Waals surface area contributed by atoms with Gasteiger partial charge in [-0.25, -0.2) is 0 Å². The van der Waals surface area contributed by atoms with Crippen molar-refractivity contribution >= 4 is 17.5 Å². The number of hydrogen-bond donors (Lipinski definition) is 1. The van der Waals surface area contributed by atoms with Gasteiger partial charge in [0.05, 0.1) is 19.2 Å². The topological polar surface area (TPSA) is 55.6 Å². The normalized spacial score (nSPS) is 21.7. The average molecular weight is 269 g/mol. The Morgan fingerprint density at radius 1 is 1.50 bits per heavy atom. The molecule has 18 heavy (non-hydrogen) atoms. The fraction of sp³-hybridized carbons (Fsp3) is 0.462. The van der Waals surface area contributed by atoms with E-state index in [1.165, 1.54) is 0 Å². The molecule has 98 valence electrons. The predicted octanol–water partition coefficient (Wildman–Crippen LogP) is 1.59. The first-order valence-corrected chi connectivity index (χ1v) is 6.37. The smallest absolute Gasteiger partial charge is 0.239 e. The molecule has 4 nitrogen and oxygen atoms in total.